The van der Waals surface area contributed by atoms with E-state index in [2.05, 4.69) is 4.72 Å². The molecule has 1 fully saturated rings. The molecule has 0 radical (unpaired) electrons. The molecule has 0 bridgehead atoms. The van der Waals surface area contributed by atoms with Gasteiger partial charge in [0.05, 0.1) is 24.5 Å². The van der Waals surface area contributed by atoms with Crippen LogP contribution in [0, 0.1) is 5.82 Å². The van der Waals surface area contributed by atoms with Crippen molar-refractivity contribution in [1.29, 1.82) is 0 Å². The summed E-state index contributed by atoms with van der Waals surface area (Å²) in [6.45, 7) is 4.17. The first kappa shape index (κ1) is 18.0. The molecule has 25 heavy (non-hydrogen) atoms. The predicted octanol–water partition coefficient (Wildman–Crippen LogP) is 3.30. The van der Waals surface area contributed by atoms with Gasteiger partial charge in [0.2, 0.25) is 10.0 Å². The molecule has 1 saturated heterocycles. The molecule has 1 N–H and O–H groups in total. The van der Waals surface area contributed by atoms with Crippen molar-refractivity contribution in [2.75, 3.05) is 13.2 Å². The van der Waals surface area contributed by atoms with E-state index in [1.54, 1.807) is 26.0 Å². The lowest BCUT2D eigenvalue weighted by Gasteiger charge is -2.21. The third-order valence-electron chi connectivity index (χ3n) is 4.53. The maximum absolute atomic E-state index is 13.0. The molecule has 1 aliphatic rings. The summed E-state index contributed by atoms with van der Waals surface area (Å²) in [7, 11) is -3.34. The molecule has 6 heteroatoms. The van der Waals surface area contributed by atoms with Crippen LogP contribution in [0.1, 0.15) is 25.3 Å². The zero-order valence-corrected chi connectivity index (χ0v) is 15.1. The zero-order chi connectivity index (χ0) is 18.0. The van der Waals surface area contributed by atoms with Crippen LogP contribution >= 0.6 is 0 Å². The molecule has 134 valence electrons. The van der Waals surface area contributed by atoms with Gasteiger partial charge < -0.3 is 4.74 Å². The van der Waals surface area contributed by atoms with Gasteiger partial charge in [-0.05, 0) is 42.7 Å². The van der Waals surface area contributed by atoms with Gasteiger partial charge in [-0.1, -0.05) is 36.4 Å². The van der Waals surface area contributed by atoms with Crippen LogP contribution in [0.3, 0.4) is 0 Å². The van der Waals surface area contributed by atoms with E-state index in [4.69, 9.17) is 4.74 Å². The summed E-state index contributed by atoms with van der Waals surface area (Å²) >= 11 is 0. The molecule has 2 aromatic rings. The lowest BCUT2D eigenvalue weighted by atomic mass is 9.93. The summed E-state index contributed by atoms with van der Waals surface area (Å²) in [4.78, 5) is 0. The summed E-state index contributed by atoms with van der Waals surface area (Å²) in [6.07, 6.45) is 0. The first-order valence-corrected chi connectivity index (χ1v) is 9.86. The average Bonchev–Trinajstić information content (AvgIpc) is 3.03. The van der Waals surface area contributed by atoms with Gasteiger partial charge in [0.25, 0.3) is 0 Å². The molecular formula is C19H22FNO3S. The minimum atomic E-state index is -3.34. The minimum absolute atomic E-state index is 0.0178. The van der Waals surface area contributed by atoms with Crippen molar-refractivity contribution in [2.45, 2.75) is 31.1 Å². The van der Waals surface area contributed by atoms with Crippen LogP contribution in [-0.4, -0.2) is 32.9 Å². The maximum atomic E-state index is 13.0. The molecule has 1 aliphatic heterocycles. The van der Waals surface area contributed by atoms with E-state index in [0.29, 0.717) is 13.2 Å². The molecule has 0 spiro atoms. The van der Waals surface area contributed by atoms with Gasteiger partial charge in [-0.3, -0.25) is 0 Å². The van der Waals surface area contributed by atoms with E-state index in [-0.39, 0.29) is 17.8 Å². The first-order valence-electron chi connectivity index (χ1n) is 8.31. The highest BCUT2D eigenvalue weighted by Crippen LogP contribution is 2.29. The zero-order valence-electron chi connectivity index (χ0n) is 14.3. The lowest BCUT2D eigenvalue weighted by Crippen LogP contribution is -2.42. The Labute approximate surface area is 148 Å². The van der Waals surface area contributed by atoms with Crippen molar-refractivity contribution < 1.29 is 17.5 Å². The van der Waals surface area contributed by atoms with Gasteiger partial charge in [0.1, 0.15) is 5.82 Å². The van der Waals surface area contributed by atoms with Crippen LogP contribution in [0.25, 0.3) is 11.1 Å². The fourth-order valence-corrected chi connectivity index (χ4v) is 3.84. The van der Waals surface area contributed by atoms with Gasteiger partial charge in [-0.2, -0.15) is 0 Å². The molecule has 3 rings (SSSR count). The van der Waals surface area contributed by atoms with Crippen molar-refractivity contribution in [3.05, 3.63) is 59.9 Å². The fraction of sp³-hybridized carbons (Fsp3) is 0.368. The smallest absolute Gasteiger partial charge is 0.214 e. The van der Waals surface area contributed by atoms with Crippen molar-refractivity contribution in [3.8, 4) is 11.1 Å². The highest BCUT2D eigenvalue weighted by molar-refractivity contribution is 7.90. The van der Waals surface area contributed by atoms with Crippen molar-refractivity contribution in [3.63, 3.8) is 0 Å². The lowest BCUT2D eigenvalue weighted by molar-refractivity contribution is 0.189. The molecule has 0 amide bonds. The number of hydrogen-bond donors (Lipinski definition) is 1. The third kappa shape index (κ3) is 4.08. The molecule has 0 aromatic heterocycles. The van der Waals surface area contributed by atoms with E-state index < -0.39 is 15.3 Å². The van der Waals surface area contributed by atoms with Gasteiger partial charge in [0, 0.05) is 5.92 Å². The van der Waals surface area contributed by atoms with Crippen LogP contribution in [0.15, 0.2) is 48.5 Å². The Kier molecular flexibility index (Phi) is 5.22. The van der Waals surface area contributed by atoms with E-state index in [0.717, 1.165) is 16.7 Å². The number of sulfonamides is 1. The summed E-state index contributed by atoms with van der Waals surface area (Å²) in [5, 5.41) is -0.477. The highest BCUT2D eigenvalue weighted by atomic mass is 32.2. The first-order chi connectivity index (χ1) is 11.9. The molecule has 0 aliphatic carbocycles. The number of rotatable bonds is 5. The molecule has 0 saturated carbocycles. The maximum Gasteiger partial charge on any atom is 0.214 e. The second kappa shape index (κ2) is 7.23. The van der Waals surface area contributed by atoms with Gasteiger partial charge >= 0.3 is 0 Å². The standard InChI is InChI=1S/C19H22FNO3S/c1-13(2)25(22,23)21-19-12-24-11-18(19)16-5-3-14(4-6-16)15-7-9-17(20)10-8-15/h3-10,13,18-19,21H,11-12H2,1-2H3/t18-,19-/m0/s1. The van der Waals surface area contributed by atoms with Crippen LogP contribution in [0.2, 0.25) is 0 Å². The van der Waals surface area contributed by atoms with E-state index in [9.17, 15) is 12.8 Å². The molecule has 1 heterocycles. The van der Waals surface area contributed by atoms with Gasteiger partial charge in [-0.25, -0.2) is 17.5 Å². The largest absolute Gasteiger partial charge is 0.379 e. The third-order valence-corrected chi connectivity index (χ3v) is 6.41. The number of hydrogen-bond acceptors (Lipinski definition) is 3. The number of nitrogens with one attached hydrogen (secondary N) is 1. The average molecular weight is 363 g/mol. The molecule has 4 nitrogen and oxygen atoms in total. The number of halogens is 1. The predicted molar refractivity (Wildman–Crippen MR) is 96.4 cm³/mol. The molecular weight excluding hydrogens is 341 g/mol. The van der Waals surface area contributed by atoms with Crippen molar-refractivity contribution in [2.24, 2.45) is 0 Å². The normalized spacial score (nSPS) is 21.0. The van der Waals surface area contributed by atoms with E-state index in [1.165, 1.54) is 12.1 Å². The molecule has 0 unspecified atom stereocenters. The Morgan fingerprint density at radius 1 is 1.00 bits per heavy atom. The second-order valence-corrected chi connectivity index (χ2v) is 8.86. The van der Waals surface area contributed by atoms with Gasteiger partial charge in [0.15, 0.2) is 0 Å². The monoisotopic (exact) mass is 363 g/mol. The van der Waals surface area contributed by atoms with Crippen LogP contribution in [-0.2, 0) is 14.8 Å². The number of ether oxygens (including phenoxy) is 1. The summed E-state index contributed by atoms with van der Waals surface area (Å²) in [5.41, 5.74) is 2.95. The van der Waals surface area contributed by atoms with Crippen molar-refractivity contribution in [1.82, 2.24) is 4.72 Å². The van der Waals surface area contributed by atoms with Gasteiger partial charge in [-0.15, -0.1) is 0 Å². The SMILES string of the molecule is CC(C)S(=O)(=O)N[C@H]1COC[C@H]1c1ccc(-c2ccc(F)cc2)cc1. The van der Waals surface area contributed by atoms with E-state index in [1.807, 2.05) is 24.3 Å². The molecule has 2 atom stereocenters. The summed E-state index contributed by atoms with van der Waals surface area (Å²) in [5.74, 6) is -0.278. The summed E-state index contributed by atoms with van der Waals surface area (Å²) in [6, 6.07) is 14.0. The fourth-order valence-electron chi connectivity index (χ4n) is 2.91. The van der Waals surface area contributed by atoms with E-state index >= 15 is 0 Å². The Hall–Kier alpha value is -1.76. The second-order valence-electron chi connectivity index (χ2n) is 6.59. The molecule has 2 aromatic carbocycles. The Morgan fingerprint density at radius 2 is 1.56 bits per heavy atom. The number of benzene rings is 2. The topological polar surface area (TPSA) is 55.4 Å². The Bertz CT molecular complexity index is 817. The minimum Gasteiger partial charge on any atom is -0.379 e. The highest BCUT2D eigenvalue weighted by Gasteiger charge is 2.33. The Morgan fingerprint density at radius 3 is 2.12 bits per heavy atom. The Balaban J connectivity index is 1.78. The van der Waals surface area contributed by atoms with Crippen LogP contribution < -0.4 is 4.72 Å². The van der Waals surface area contributed by atoms with Crippen molar-refractivity contribution >= 4 is 10.0 Å². The summed E-state index contributed by atoms with van der Waals surface area (Å²) < 4.78 is 45.6. The quantitative estimate of drug-likeness (QED) is 0.887. The van der Waals surface area contributed by atoms with Crippen LogP contribution in [0.4, 0.5) is 4.39 Å². The van der Waals surface area contributed by atoms with Crippen LogP contribution in [0.5, 0.6) is 0 Å².